The quantitative estimate of drug-likeness (QED) is 0.880. The summed E-state index contributed by atoms with van der Waals surface area (Å²) >= 11 is 0. The Balaban J connectivity index is 1.49. The molecule has 1 saturated carbocycles. The highest BCUT2D eigenvalue weighted by molar-refractivity contribution is 6.00. The second-order valence-electron chi connectivity index (χ2n) is 7.60. The molecule has 28 heavy (non-hydrogen) atoms. The van der Waals surface area contributed by atoms with Gasteiger partial charge in [0.15, 0.2) is 0 Å². The molecule has 146 valence electrons. The first kappa shape index (κ1) is 18.5. The minimum Gasteiger partial charge on any atom is -0.348 e. The summed E-state index contributed by atoms with van der Waals surface area (Å²) in [7, 11) is 0. The van der Waals surface area contributed by atoms with Crippen LogP contribution in [0.4, 0.5) is 14.5 Å². The maximum atomic E-state index is 13.6. The van der Waals surface area contributed by atoms with Crippen molar-refractivity contribution in [2.24, 2.45) is 5.41 Å². The van der Waals surface area contributed by atoms with Gasteiger partial charge in [0.05, 0.1) is 5.41 Å². The zero-order valence-electron chi connectivity index (χ0n) is 15.3. The maximum Gasteiger partial charge on any atom is 0.270 e. The van der Waals surface area contributed by atoms with Crippen LogP contribution in [-0.2, 0) is 4.79 Å². The van der Waals surface area contributed by atoms with Crippen molar-refractivity contribution in [2.45, 2.75) is 38.1 Å². The SMILES string of the molecule is O=C(N[C@@H]1CCC[C@]2(CCN(c3cc(F)cc(F)c3)C2=O)C1)c1ccccn1. The molecule has 5 nitrogen and oxygen atoms in total. The van der Waals surface area contributed by atoms with Crippen LogP contribution < -0.4 is 10.2 Å². The highest BCUT2D eigenvalue weighted by Crippen LogP contribution is 2.46. The number of halogens is 2. The summed E-state index contributed by atoms with van der Waals surface area (Å²) in [6.07, 6.45) is 5.02. The van der Waals surface area contributed by atoms with Crippen LogP contribution in [0, 0.1) is 17.0 Å². The number of benzene rings is 1. The zero-order valence-corrected chi connectivity index (χ0v) is 15.3. The lowest BCUT2D eigenvalue weighted by Crippen LogP contribution is -2.46. The van der Waals surface area contributed by atoms with Crippen LogP contribution in [0.25, 0.3) is 0 Å². The Hall–Kier alpha value is -2.83. The number of rotatable bonds is 3. The number of pyridine rings is 1. The van der Waals surface area contributed by atoms with Crippen molar-refractivity contribution in [2.75, 3.05) is 11.4 Å². The Morgan fingerprint density at radius 3 is 2.68 bits per heavy atom. The molecule has 2 aliphatic rings. The molecule has 7 heteroatoms. The monoisotopic (exact) mass is 385 g/mol. The number of carbonyl (C=O) groups excluding carboxylic acids is 2. The van der Waals surface area contributed by atoms with Gasteiger partial charge in [0.1, 0.15) is 17.3 Å². The molecule has 2 heterocycles. The lowest BCUT2D eigenvalue weighted by molar-refractivity contribution is -0.127. The molecule has 1 aliphatic heterocycles. The van der Waals surface area contributed by atoms with Crippen LogP contribution in [0.5, 0.6) is 0 Å². The first-order chi connectivity index (χ1) is 13.5. The summed E-state index contributed by atoms with van der Waals surface area (Å²) in [5, 5.41) is 2.99. The van der Waals surface area contributed by atoms with Crippen molar-refractivity contribution in [1.29, 1.82) is 0 Å². The van der Waals surface area contributed by atoms with Crippen LogP contribution >= 0.6 is 0 Å². The molecule has 4 rings (SSSR count). The van der Waals surface area contributed by atoms with E-state index in [2.05, 4.69) is 10.3 Å². The molecule has 0 bridgehead atoms. The Bertz CT molecular complexity index is 886. The van der Waals surface area contributed by atoms with Crippen molar-refractivity contribution >= 4 is 17.5 Å². The molecular weight excluding hydrogens is 364 g/mol. The number of amides is 2. The number of carbonyl (C=O) groups is 2. The lowest BCUT2D eigenvalue weighted by atomic mass is 9.71. The second-order valence-corrected chi connectivity index (χ2v) is 7.60. The van der Waals surface area contributed by atoms with E-state index < -0.39 is 17.0 Å². The molecule has 1 N–H and O–H groups in total. The Kier molecular flexibility index (Phi) is 4.83. The van der Waals surface area contributed by atoms with E-state index in [9.17, 15) is 18.4 Å². The van der Waals surface area contributed by atoms with E-state index in [1.54, 1.807) is 24.4 Å². The summed E-state index contributed by atoms with van der Waals surface area (Å²) in [5.74, 6) is -1.77. The van der Waals surface area contributed by atoms with E-state index in [4.69, 9.17) is 0 Å². The first-order valence-corrected chi connectivity index (χ1v) is 9.47. The molecule has 1 aliphatic carbocycles. The van der Waals surface area contributed by atoms with Gasteiger partial charge in [-0.15, -0.1) is 0 Å². The van der Waals surface area contributed by atoms with E-state index in [1.807, 2.05) is 0 Å². The maximum absolute atomic E-state index is 13.6. The van der Waals surface area contributed by atoms with Gasteiger partial charge in [-0.2, -0.15) is 0 Å². The average Bonchev–Trinajstić information content (AvgIpc) is 2.97. The summed E-state index contributed by atoms with van der Waals surface area (Å²) in [4.78, 5) is 31.1. The molecule has 0 radical (unpaired) electrons. The van der Waals surface area contributed by atoms with E-state index in [-0.39, 0.29) is 23.5 Å². The summed E-state index contributed by atoms with van der Waals surface area (Å²) in [6, 6.07) is 8.18. The lowest BCUT2D eigenvalue weighted by Gasteiger charge is -2.36. The third-order valence-corrected chi connectivity index (χ3v) is 5.75. The van der Waals surface area contributed by atoms with Gasteiger partial charge < -0.3 is 10.2 Å². The summed E-state index contributed by atoms with van der Waals surface area (Å²) in [6.45, 7) is 0.419. The van der Waals surface area contributed by atoms with Crippen LogP contribution in [-0.4, -0.2) is 29.4 Å². The molecule has 2 amide bonds. The fourth-order valence-electron chi connectivity index (χ4n) is 4.43. The second kappa shape index (κ2) is 7.30. The number of nitrogens with one attached hydrogen (secondary N) is 1. The van der Waals surface area contributed by atoms with Gasteiger partial charge in [-0.3, -0.25) is 14.6 Å². The van der Waals surface area contributed by atoms with Crippen LogP contribution in [0.3, 0.4) is 0 Å². The van der Waals surface area contributed by atoms with Gasteiger partial charge in [0.25, 0.3) is 5.91 Å². The molecule has 1 saturated heterocycles. The van der Waals surface area contributed by atoms with Crippen molar-refractivity contribution in [3.05, 3.63) is 59.9 Å². The molecule has 0 unspecified atom stereocenters. The molecular formula is C21H21F2N3O2. The van der Waals surface area contributed by atoms with Gasteiger partial charge in [0.2, 0.25) is 5.91 Å². The fraction of sp³-hybridized carbons (Fsp3) is 0.381. The topological polar surface area (TPSA) is 62.3 Å². The highest BCUT2D eigenvalue weighted by Gasteiger charge is 2.49. The predicted octanol–water partition coefficient (Wildman–Crippen LogP) is 3.46. The van der Waals surface area contributed by atoms with Crippen molar-refractivity contribution in [1.82, 2.24) is 10.3 Å². The van der Waals surface area contributed by atoms with Crippen molar-refractivity contribution < 1.29 is 18.4 Å². The Labute approximate surface area is 161 Å². The minimum atomic E-state index is -0.701. The molecule has 1 aromatic heterocycles. The van der Waals surface area contributed by atoms with Crippen LogP contribution in [0.2, 0.25) is 0 Å². The van der Waals surface area contributed by atoms with Gasteiger partial charge in [-0.1, -0.05) is 12.5 Å². The molecule has 1 aromatic carbocycles. The van der Waals surface area contributed by atoms with E-state index in [1.165, 1.54) is 17.0 Å². The minimum absolute atomic E-state index is 0.116. The molecule has 2 fully saturated rings. The number of hydrogen-bond donors (Lipinski definition) is 1. The standard InChI is InChI=1S/C21H21F2N3O2/c22-14-10-15(23)12-17(11-14)26-9-7-21(20(26)28)6-3-4-16(13-21)25-19(27)18-5-1-2-8-24-18/h1-2,5,8,10-12,16H,3-4,6-7,9,13H2,(H,25,27)/t16-,21+/m1/s1. The number of anilines is 1. The van der Waals surface area contributed by atoms with Crippen LogP contribution in [0.15, 0.2) is 42.6 Å². The molecule has 2 aromatic rings. The van der Waals surface area contributed by atoms with Gasteiger partial charge in [-0.05, 0) is 49.9 Å². The highest BCUT2D eigenvalue weighted by atomic mass is 19.1. The first-order valence-electron chi connectivity index (χ1n) is 9.47. The smallest absolute Gasteiger partial charge is 0.270 e. The summed E-state index contributed by atoms with van der Waals surface area (Å²) < 4.78 is 27.2. The molecule has 1 spiro atoms. The third-order valence-electron chi connectivity index (χ3n) is 5.75. The Morgan fingerprint density at radius 2 is 1.96 bits per heavy atom. The third kappa shape index (κ3) is 3.48. The van der Waals surface area contributed by atoms with E-state index in [0.717, 1.165) is 25.3 Å². The van der Waals surface area contributed by atoms with Gasteiger partial charge in [-0.25, -0.2) is 8.78 Å². The number of nitrogens with zero attached hydrogens (tertiary/aromatic N) is 2. The zero-order chi connectivity index (χ0) is 19.7. The van der Waals surface area contributed by atoms with Gasteiger partial charge in [0, 0.05) is 30.5 Å². The van der Waals surface area contributed by atoms with E-state index >= 15 is 0 Å². The van der Waals surface area contributed by atoms with Crippen molar-refractivity contribution in [3.8, 4) is 0 Å². The largest absolute Gasteiger partial charge is 0.348 e. The predicted molar refractivity (Wildman–Crippen MR) is 99.7 cm³/mol. The fourth-order valence-corrected chi connectivity index (χ4v) is 4.43. The number of hydrogen-bond acceptors (Lipinski definition) is 3. The van der Waals surface area contributed by atoms with Crippen LogP contribution in [0.1, 0.15) is 42.6 Å². The normalized spacial score (nSPS) is 24.6. The van der Waals surface area contributed by atoms with E-state index in [0.29, 0.717) is 25.1 Å². The average molecular weight is 385 g/mol. The summed E-state index contributed by atoms with van der Waals surface area (Å²) in [5.41, 5.74) is -0.000849. The molecule has 2 atom stereocenters. The Morgan fingerprint density at radius 1 is 1.18 bits per heavy atom. The van der Waals surface area contributed by atoms with Crippen molar-refractivity contribution in [3.63, 3.8) is 0 Å². The van der Waals surface area contributed by atoms with Gasteiger partial charge >= 0.3 is 0 Å². The number of aromatic nitrogens is 1.